The minimum Gasteiger partial charge on any atom is -0.326 e. The number of fused-ring (bicyclic) bond motifs is 1. The second-order valence-electron chi connectivity index (χ2n) is 6.95. The van der Waals surface area contributed by atoms with Gasteiger partial charge in [-0.15, -0.1) is 0 Å². The molecular formula is C21H23N3O4S. The number of hydrogen-bond donors (Lipinski definition) is 1. The van der Waals surface area contributed by atoms with Gasteiger partial charge in [-0.2, -0.15) is 0 Å². The van der Waals surface area contributed by atoms with Crippen LogP contribution in [0.3, 0.4) is 0 Å². The van der Waals surface area contributed by atoms with E-state index in [2.05, 4.69) is 5.32 Å². The highest BCUT2D eigenvalue weighted by Crippen LogP contribution is 2.33. The SMILES string of the molecule is CC(=O)N1C=Cc2ccccc2C1CC(=O)Nc1ccc(S(=O)(=O)N(C)C)cc1. The highest BCUT2D eigenvalue weighted by molar-refractivity contribution is 7.89. The average molecular weight is 413 g/mol. The van der Waals surface area contributed by atoms with Crippen LogP contribution in [0.25, 0.3) is 6.08 Å². The van der Waals surface area contributed by atoms with Crippen molar-refractivity contribution in [3.63, 3.8) is 0 Å². The van der Waals surface area contributed by atoms with Gasteiger partial charge in [-0.05, 0) is 41.5 Å². The fourth-order valence-electron chi connectivity index (χ4n) is 3.22. The topological polar surface area (TPSA) is 86.8 Å². The maximum atomic E-state index is 12.6. The molecule has 152 valence electrons. The van der Waals surface area contributed by atoms with Gasteiger partial charge in [0, 0.05) is 32.9 Å². The number of carbonyl (C=O) groups excluding carboxylic acids is 2. The van der Waals surface area contributed by atoms with Gasteiger partial charge < -0.3 is 10.2 Å². The van der Waals surface area contributed by atoms with Crippen LogP contribution in [0.1, 0.15) is 30.5 Å². The van der Waals surface area contributed by atoms with Gasteiger partial charge in [-0.3, -0.25) is 9.59 Å². The molecule has 0 radical (unpaired) electrons. The molecule has 0 aromatic heterocycles. The summed E-state index contributed by atoms with van der Waals surface area (Å²) in [5.74, 6) is -0.415. The lowest BCUT2D eigenvalue weighted by atomic mass is 9.93. The van der Waals surface area contributed by atoms with Gasteiger partial charge in [0.2, 0.25) is 21.8 Å². The summed E-state index contributed by atoms with van der Waals surface area (Å²) in [7, 11) is -0.605. The average Bonchev–Trinajstić information content (AvgIpc) is 2.68. The fraction of sp³-hybridized carbons (Fsp3) is 0.238. The Morgan fingerprint density at radius 2 is 1.72 bits per heavy atom. The van der Waals surface area contributed by atoms with Gasteiger partial charge in [-0.1, -0.05) is 24.3 Å². The highest BCUT2D eigenvalue weighted by Gasteiger charge is 2.28. The minimum absolute atomic E-state index is 0.0820. The Morgan fingerprint density at radius 3 is 2.34 bits per heavy atom. The fourth-order valence-corrected chi connectivity index (χ4v) is 4.12. The van der Waals surface area contributed by atoms with Crippen molar-refractivity contribution in [1.29, 1.82) is 0 Å². The van der Waals surface area contributed by atoms with Crippen LogP contribution < -0.4 is 5.32 Å². The lowest BCUT2D eigenvalue weighted by Gasteiger charge is -2.32. The molecule has 0 bridgehead atoms. The number of rotatable bonds is 5. The molecule has 0 saturated carbocycles. The van der Waals surface area contributed by atoms with Crippen LogP contribution in [-0.4, -0.2) is 43.5 Å². The number of anilines is 1. The molecule has 29 heavy (non-hydrogen) atoms. The summed E-state index contributed by atoms with van der Waals surface area (Å²) in [6.07, 6.45) is 3.64. The number of sulfonamides is 1. The number of benzene rings is 2. The summed E-state index contributed by atoms with van der Waals surface area (Å²) < 4.78 is 25.4. The number of carbonyl (C=O) groups is 2. The second kappa shape index (κ2) is 8.18. The molecule has 1 aliphatic rings. The molecule has 1 atom stereocenters. The summed E-state index contributed by atoms with van der Waals surface area (Å²) in [5.41, 5.74) is 2.37. The zero-order chi connectivity index (χ0) is 21.2. The van der Waals surface area contributed by atoms with E-state index in [0.717, 1.165) is 15.4 Å². The van der Waals surface area contributed by atoms with Gasteiger partial charge in [0.05, 0.1) is 17.4 Å². The molecule has 0 aliphatic carbocycles. The molecule has 3 rings (SSSR count). The van der Waals surface area contributed by atoms with E-state index in [1.165, 1.54) is 33.2 Å². The van der Waals surface area contributed by atoms with Crippen LogP contribution in [0.15, 0.2) is 59.6 Å². The molecule has 1 heterocycles. The van der Waals surface area contributed by atoms with Crippen molar-refractivity contribution in [3.05, 3.63) is 65.9 Å². The van der Waals surface area contributed by atoms with Crippen LogP contribution in [0.2, 0.25) is 0 Å². The summed E-state index contributed by atoms with van der Waals surface area (Å²) in [4.78, 5) is 26.4. The molecule has 2 amide bonds. The van der Waals surface area contributed by atoms with Crippen molar-refractivity contribution in [2.24, 2.45) is 0 Å². The number of nitrogens with one attached hydrogen (secondary N) is 1. The predicted octanol–water partition coefficient (Wildman–Crippen LogP) is 2.84. The van der Waals surface area contributed by atoms with E-state index in [0.29, 0.717) is 5.69 Å². The van der Waals surface area contributed by atoms with Gasteiger partial charge in [0.25, 0.3) is 0 Å². The molecule has 1 unspecified atom stereocenters. The smallest absolute Gasteiger partial charge is 0.242 e. The zero-order valence-electron chi connectivity index (χ0n) is 16.5. The monoisotopic (exact) mass is 413 g/mol. The van der Waals surface area contributed by atoms with E-state index in [1.807, 2.05) is 30.3 Å². The van der Waals surface area contributed by atoms with Crippen LogP contribution in [0.5, 0.6) is 0 Å². The standard InChI is InChI=1S/C21H23N3O4S/c1-15(25)24-13-12-16-6-4-5-7-19(16)20(24)14-21(26)22-17-8-10-18(11-9-17)29(27,28)23(2)3/h4-13,20H,14H2,1-3H3,(H,22,26). The molecule has 7 nitrogen and oxygen atoms in total. The normalized spacial score (nSPS) is 15.9. The molecule has 0 fully saturated rings. The third kappa shape index (κ3) is 4.38. The Kier molecular flexibility index (Phi) is 5.86. The Morgan fingerprint density at radius 1 is 1.07 bits per heavy atom. The van der Waals surface area contributed by atoms with Crippen LogP contribution in [0, 0.1) is 0 Å². The Hall–Kier alpha value is -2.97. The number of hydrogen-bond acceptors (Lipinski definition) is 4. The Balaban J connectivity index is 1.76. The Bertz CT molecular complexity index is 1060. The zero-order valence-corrected chi connectivity index (χ0v) is 17.3. The lowest BCUT2D eigenvalue weighted by molar-refractivity contribution is -0.129. The summed E-state index contributed by atoms with van der Waals surface area (Å²) in [5, 5.41) is 2.78. The van der Waals surface area contributed by atoms with E-state index in [9.17, 15) is 18.0 Å². The first-order valence-corrected chi connectivity index (χ1v) is 10.5. The third-order valence-electron chi connectivity index (χ3n) is 4.76. The summed E-state index contributed by atoms with van der Waals surface area (Å²) >= 11 is 0. The predicted molar refractivity (Wildman–Crippen MR) is 111 cm³/mol. The molecule has 8 heteroatoms. The van der Waals surface area contributed by atoms with Gasteiger partial charge >= 0.3 is 0 Å². The van der Waals surface area contributed by atoms with Crippen molar-refractivity contribution >= 4 is 33.6 Å². The number of nitrogens with zero attached hydrogens (tertiary/aromatic N) is 2. The molecule has 1 aliphatic heterocycles. The summed E-state index contributed by atoms with van der Waals surface area (Å²) in [6.45, 7) is 1.47. The molecule has 2 aromatic rings. The van der Waals surface area contributed by atoms with Crippen molar-refractivity contribution in [2.45, 2.75) is 24.3 Å². The molecule has 2 aromatic carbocycles. The summed E-state index contributed by atoms with van der Waals surface area (Å²) in [6, 6.07) is 13.2. The quantitative estimate of drug-likeness (QED) is 0.817. The second-order valence-corrected chi connectivity index (χ2v) is 9.10. The van der Waals surface area contributed by atoms with Crippen molar-refractivity contribution in [1.82, 2.24) is 9.21 Å². The number of amides is 2. The van der Waals surface area contributed by atoms with Gasteiger partial charge in [-0.25, -0.2) is 12.7 Å². The minimum atomic E-state index is -3.53. The highest BCUT2D eigenvalue weighted by atomic mass is 32.2. The van der Waals surface area contributed by atoms with Gasteiger partial charge in [0.1, 0.15) is 0 Å². The van der Waals surface area contributed by atoms with E-state index >= 15 is 0 Å². The lowest BCUT2D eigenvalue weighted by Crippen LogP contribution is -2.33. The molecule has 0 saturated heterocycles. The molecular weight excluding hydrogens is 390 g/mol. The van der Waals surface area contributed by atoms with E-state index < -0.39 is 16.1 Å². The largest absolute Gasteiger partial charge is 0.326 e. The van der Waals surface area contributed by atoms with Crippen LogP contribution >= 0.6 is 0 Å². The van der Waals surface area contributed by atoms with E-state index in [4.69, 9.17) is 0 Å². The van der Waals surface area contributed by atoms with E-state index in [1.54, 1.807) is 23.2 Å². The third-order valence-corrected chi connectivity index (χ3v) is 6.59. The Labute approximate surface area is 170 Å². The van der Waals surface area contributed by atoms with Crippen molar-refractivity contribution < 1.29 is 18.0 Å². The maximum absolute atomic E-state index is 12.6. The van der Waals surface area contributed by atoms with Crippen molar-refractivity contribution in [3.8, 4) is 0 Å². The molecule has 0 spiro atoms. The van der Waals surface area contributed by atoms with Crippen LogP contribution in [-0.2, 0) is 19.6 Å². The molecule has 1 N–H and O–H groups in total. The van der Waals surface area contributed by atoms with Crippen molar-refractivity contribution in [2.75, 3.05) is 19.4 Å². The van der Waals surface area contributed by atoms with Crippen LogP contribution in [0.4, 0.5) is 5.69 Å². The maximum Gasteiger partial charge on any atom is 0.242 e. The first kappa shape index (κ1) is 20.8. The van der Waals surface area contributed by atoms with E-state index in [-0.39, 0.29) is 23.1 Å². The van der Waals surface area contributed by atoms with Gasteiger partial charge in [0.15, 0.2) is 0 Å². The first-order chi connectivity index (χ1) is 13.7. The first-order valence-electron chi connectivity index (χ1n) is 9.08.